The van der Waals surface area contributed by atoms with Gasteiger partial charge in [0.25, 0.3) is 0 Å². The second-order valence-electron chi connectivity index (χ2n) is 5.38. The number of ether oxygens (including phenoxy) is 1. The molecule has 0 aliphatic carbocycles. The molecule has 116 valence electrons. The van der Waals surface area contributed by atoms with E-state index >= 15 is 0 Å². The molecule has 5 heteroatoms. The van der Waals surface area contributed by atoms with Gasteiger partial charge in [-0.1, -0.05) is 12.1 Å². The number of anilines is 1. The van der Waals surface area contributed by atoms with E-state index in [1.807, 2.05) is 30.8 Å². The fourth-order valence-electron chi connectivity index (χ4n) is 2.44. The Morgan fingerprint density at radius 3 is 2.81 bits per heavy atom. The molecule has 0 spiro atoms. The van der Waals surface area contributed by atoms with Crippen LogP contribution in [0.2, 0.25) is 0 Å². The Hall–Kier alpha value is -1.20. The molecule has 1 aliphatic heterocycles. The zero-order chi connectivity index (χ0) is 15.1. The summed E-state index contributed by atoms with van der Waals surface area (Å²) >= 11 is 1.84. The largest absolute Gasteiger partial charge is 0.376 e. The van der Waals surface area contributed by atoms with E-state index in [1.54, 1.807) is 0 Å². The van der Waals surface area contributed by atoms with E-state index in [2.05, 4.69) is 29.0 Å². The second-order valence-corrected chi connectivity index (χ2v) is 6.36. The number of rotatable bonds is 6. The van der Waals surface area contributed by atoms with Crippen LogP contribution in [-0.4, -0.2) is 36.8 Å². The van der Waals surface area contributed by atoms with E-state index in [0.29, 0.717) is 0 Å². The molecule has 4 nitrogen and oxygen atoms in total. The van der Waals surface area contributed by atoms with Crippen LogP contribution in [0.1, 0.15) is 25.3 Å². The van der Waals surface area contributed by atoms with Gasteiger partial charge in [0, 0.05) is 12.3 Å². The third kappa shape index (κ3) is 5.25. The first kappa shape index (κ1) is 16.2. The van der Waals surface area contributed by atoms with Gasteiger partial charge < -0.3 is 15.4 Å². The number of aryl methyl sites for hydroxylation is 1. The number of carbonyl (C=O) groups excluding carboxylic acids is 1. The van der Waals surface area contributed by atoms with Gasteiger partial charge in [-0.3, -0.25) is 0 Å². The molecule has 21 heavy (non-hydrogen) atoms. The van der Waals surface area contributed by atoms with Crippen LogP contribution in [0.15, 0.2) is 24.3 Å². The lowest BCUT2D eigenvalue weighted by molar-refractivity contribution is 0.0868. The van der Waals surface area contributed by atoms with E-state index in [0.717, 1.165) is 37.3 Å². The minimum atomic E-state index is -0.171. The SMILES string of the molecule is CSCCc1ccc(NC(=O)N[C@@H](C)[C@H]2CCCO2)cc1. The Kier molecular flexibility index (Phi) is 6.39. The van der Waals surface area contributed by atoms with E-state index in [1.165, 1.54) is 5.56 Å². The molecular weight excluding hydrogens is 284 g/mol. The molecule has 2 amide bonds. The van der Waals surface area contributed by atoms with Crippen molar-refractivity contribution < 1.29 is 9.53 Å². The molecule has 1 aliphatic rings. The third-order valence-corrected chi connectivity index (χ3v) is 4.30. The lowest BCUT2D eigenvalue weighted by atomic mass is 10.1. The topological polar surface area (TPSA) is 50.4 Å². The van der Waals surface area contributed by atoms with Crippen molar-refractivity contribution in [3.05, 3.63) is 29.8 Å². The van der Waals surface area contributed by atoms with Gasteiger partial charge in [-0.25, -0.2) is 4.79 Å². The highest BCUT2D eigenvalue weighted by Gasteiger charge is 2.23. The zero-order valence-corrected chi connectivity index (χ0v) is 13.5. The number of amides is 2. The Balaban J connectivity index is 1.78. The minimum absolute atomic E-state index is 0.0355. The van der Waals surface area contributed by atoms with Crippen molar-refractivity contribution in [1.29, 1.82) is 0 Å². The predicted molar refractivity (Wildman–Crippen MR) is 89.1 cm³/mol. The number of nitrogens with one attached hydrogen (secondary N) is 2. The summed E-state index contributed by atoms with van der Waals surface area (Å²) in [6, 6.07) is 7.89. The van der Waals surface area contributed by atoms with Crippen LogP contribution in [0.4, 0.5) is 10.5 Å². The molecule has 1 aromatic carbocycles. The van der Waals surface area contributed by atoms with Crippen molar-refractivity contribution in [1.82, 2.24) is 5.32 Å². The lowest BCUT2D eigenvalue weighted by Gasteiger charge is -2.20. The van der Waals surface area contributed by atoms with Crippen molar-refractivity contribution in [2.45, 2.75) is 38.3 Å². The van der Waals surface area contributed by atoms with Gasteiger partial charge in [-0.05, 0) is 55.9 Å². The fraction of sp³-hybridized carbons (Fsp3) is 0.562. The predicted octanol–water partition coefficient (Wildman–Crippen LogP) is 3.28. The molecular formula is C16H24N2O2S. The maximum Gasteiger partial charge on any atom is 0.319 e. The van der Waals surface area contributed by atoms with Gasteiger partial charge in [-0.15, -0.1) is 0 Å². The van der Waals surface area contributed by atoms with E-state index < -0.39 is 0 Å². The first-order valence-electron chi connectivity index (χ1n) is 7.46. The molecule has 0 unspecified atom stereocenters. The Morgan fingerprint density at radius 1 is 1.43 bits per heavy atom. The van der Waals surface area contributed by atoms with Gasteiger partial charge >= 0.3 is 6.03 Å². The standard InChI is InChI=1S/C16H24N2O2S/c1-12(15-4-3-10-20-15)17-16(19)18-14-7-5-13(6-8-14)9-11-21-2/h5-8,12,15H,3-4,9-11H2,1-2H3,(H2,17,18,19)/t12-,15+/m0/s1. The Labute approximate surface area is 131 Å². The van der Waals surface area contributed by atoms with Crippen LogP contribution < -0.4 is 10.6 Å². The number of hydrogen-bond acceptors (Lipinski definition) is 3. The van der Waals surface area contributed by atoms with Crippen LogP contribution in [0, 0.1) is 0 Å². The summed E-state index contributed by atoms with van der Waals surface area (Å²) in [6.07, 6.45) is 5.41. The zero-order valence-electron chi connectivity index (χ0n) is 12.7. The molecule has 1 fully saturated rings. The van der Waals surface area contributed by atoms with Gasteiger partial charge in [0.1, 0.15) is 0 Å². The summed E-state index contributed by atoms with van der Waals surface area (Å²) in [5, 5.41) is 5.81. The van der Waals surface area contributed by atoms with E-state index in [4.69, 9.17) is 4.74 Å². The highest BCUT2D eigenvalue weighted by molar-refractivity contribution is 7.98. The average molecular weight is 308 g/mol. The Bertz CT molecular complexity index is 444. The summed E-state index contributed by atoms with van der Waals surface area (Å²) < 4.78 is 5.57. The molecule has 1 aromatic rings. The number of carbonyl (C=O) groups is 1. The van der Waals surface area contributed by atoms with E-state index in [-0.39, 0.29) is 18.2 Å². The van der Waals surface area contributed by atoms with Crippen LogP contribution >= 0.6 is 11.8 Å². The number of urea groups is 1. The van der Waals surface area contributed by atoms with Crippen molar-refractivity contribution in [3.63, 3.8) is 0 Å². The third-order valence-electron chi connectivity index (χ3n) is 3.69. The van der Waals surface area contributed by atoms with Crippen molar-refractivity contribution in [2.75, 3.05) is 23.9 Å². The molecule has 1 saturated heterocycles. The maximum absolute atomic E-state index is 12.0. The van der Waals surface area contributed by atoms with Crippen LogP contribution in [0.25, 0.3) is 0 Å². The highest BCUT2D eigenvalue weighted by Crippen LogP contribution is 2.16. The van der Waals surface area contributed by atoms with Crippen molar-refractivity contribution in [3.8, 4) is 0 Å². The average Bonchev–Trinajstić information content (AvgIpc) is 3.01. The molecule has 0 bridgehead atoms. The maximum atomic E-state index is 12.0. The molecule has 0 radical (unpaired) electrons. The highest BCUT2D eigenvalue weighted by atomic mass is 32.2. The van der Waals surface area contributed by atoms with Crippen LogP contribution in [0.5, 0.6) is 0 Å². The summed E-state index contributed by atoms with van der Waals surface area (Å²) in [7, 11) is 0. The molecule has 1 heterocycles. The van der Waals surface area contributed by atoms with Crippen molar-refractivity contribution >= 4 is 23.5 Å². The van der Waals surface area contributed by atoms with Gasteiger partial charge in [-0.2, -0.15) is 11.8 Å². The summed E-state index contributed by atoms with van der Waals surface area (Å²) in [6.45, 7) is 2.79. The quantitative estimate of drug-likeness (QED) is 0.848. The van der Waals surface area contributed by atoms with Crippen LogP contribution in [-0.2, 0) is 11.2 Å². The number of benzene rings is 1. The molecule has 2 N–H and O–H groups in total. The lowest BCUT2D eigenvalue weighted by Crippen LogP contribution is -2.42. The summed E-state index contributed by atoms with van der Waals surface area (Å²) in [5.74, 6) is 1.12. The van der Waals surface area contributed by atoms with Gasteiger partial charge in [0.05, 0.1) is 12.1 Å². The minimum Gasteiger partial charge on any atom is -0.376 e. The van der Waals surface area contributed by atoms with E-state index in [9.17, 15) is 4.79 Å². The fourth-order valence-corrected chi connectivity index (χ4v) is 2.88. The summed E-state index contributed by atoms with van der Waals surface area (Å²) in [5.41, 5.74) is 2.11. The van der Waals surface area contributed by atoms with Gasteiger partial charge in [0.2, 0.25) is 0 Å². The molecule has 0 aromatic heterocycles. The summed E-state index contributed by atoms with van der Waals surface area (Å²) in [4.78, 5) is 12.0. The molecule has 2 rings (SSSR count). The molecule has 2 atom stereocenters. The number of hydrogen-bond donors (Lipinski definition) is 2. The second kappa shape index (κ2) is 8.29. The first-order chi connectivity index (χ1) is 10.2. The molecule has 0 saturated carbocycles. The first-order valence-corrected chi connectivity index (χ1v) is 8.85. The normalized spacial score (nSPS) is 19.2. The van der Waals surface area contributed by atoms with Gasteiger partial charge in [0.15, 0.2) is 0 Å². The Morgan fingerprint density at radius 2 is 2.19 bits per heavy atom. The van der Waals surface area contributed by atoms with Crippen LogP contribution in [0.3, 0.4) is 0 Å². The monoisotopic (exact) mass is 308 g/mol. The number of thioether (sulfide) groups is 1. The van der Waals surface area contributed by atoms with Crippen molar-refractivity contribution in [2.24, 2.45) is 0 Å². The smallest absolute Gasteiger partial charge is 0.319 e.